The van der Waals surface area contributed by atoms with Crippen molar-refractivity contribution < 1.29 is 9.53 Å². The molecule has 0 aliphatic heterocycles. The summed E-state index contributed by atoms with van der Waals surface area (Å²) < 4.78 is 5.99. The predicted octanol–water partition coefficient (Wildman–Crippen LogP) is 2.87. The molecule has 4 nitrogen and oxygen atoms in total. The van der Waals surface area contributed by atoms with Gasteiger partial charge in [0, 0.05) is 16.4 Å². The second-order valence-electron chi connectivity index (χ2n) is 4.87. The van der Waals surface area contributed by atoms with Gasteiger partial charge in [-0.2, -0.15) is 0 Å². The number of carbonyl (C=O) groups excluding carboxylic acids is 1. The lowest BCUT2D eigenvalue weighted by Gasteiger charge is -2.31. The largest absolute Gasteiger partial charge is 0.468 e. The summed E-state index contributed by atoms with van der Waals surface area (Å²) in [5.41, 5.74) is -0.580. The SMILES string of the molecule is CCNC(CSc1ccc(Br)cn1)(C(=O)OC)C1CC1. The van der Waals surface area contributed by atoms with E-state index in [-0.39, 0.29) is 5.97 Å². The number of esters is 1. The molecule has 1 aliphatic carbocycles. The number of likely N-dealkylation sites (N-methyl/N-ethyl adjacent to an activating group) is 1. The Balaban J connectivity index is 2.10. The molecule has 0 amide bonds. The second-order valence-corrected chi connectivity index (χ2v) is 6.78. The Labute approximate surface area is 132 Å². The lowest BCUT2D eigenvalue weighted by atomic mass is 9.95. The molecule has 1 N–H and O–H groups in total. The highest BCUT2D eigenvalue weighted by Crippen LogP contribution is 2.43. The molecule has 1 fully saturated rings. The van der Waals surface area contributed by atoms with E-state index in [1.165, 1.54) is 7.11 Å². The molecule has 110 valence electrons. The molecular weight excluding hydrogens is 340 g/mol. The fourth-order valence-electron chi connectivity index (χ4n) is 2.32. The predicted molar refractivity (Wildman–Crippen MR) is 83.8 cm³/mol. The van der Waals surface area contributed by atoms with E-state index in [4.69, 9.17) is 4.74 Å². The van der Waals surface area contributed by atoms with Crippen LogP contribution in [0, 0.1) is 5.92 Å². The van der Waals surface area contributed by atoms with Crippen molar-refractivity contribution in [2.75, 3.05) is 19.4 Å². The molecule has 1 heterocycles. The van der Waals surface area contributed by atoms with Gasteiger partial charge in [-0.15, -0.1) is 11.8 Å². The monoisotopic (exact) mass is 358 g/mol. The number of ether oxygens (including phenoxy) is 1. The zero-order chi connectivity index (χ0) is 14.6. The van der Waals surface area contributed by atoms with E-state index in [2.05, 4.69) is 26.2 Å². The van der Waals surface area contributed by atoms with Crippen molar-refractivity contribution in [2.24, 2.45) is 5.92 Å². The third-order valence-corrected chi connectivity index (χ3v) is 5.07. The van der Waals surface area contributed by atoms with Crippen LogP contribution in [0.5, 0.6) is 0 Å². The van der Waals surface area contributed by atoms with E-state index in [0.717, 1.165) is 28.9 Å². The molecule has 1 aromatic heterocycles. The van der Waals surface area contributed by atoms with Gasteiger partial charge in [0.05, 0.1) is 12.1 Å². The summed E-state index contributed by atoms with van der Waals surface area (Å²) in [5, 5.41) is 4.27. The number of carbonyl (C=O) groups is 1. The molecule has 0 saturated heterocycles. The maximum atomic E-state index is 12.3. The number of thioether (sulfide) groups is 1. The van der Waals surface area contributed by atoms with Crippen LogP contribution in [0.1, 0.15) is 19.8 Å². The molecule has 0 radical (unpaired) electrons. The van der Waals surface area contributed by atoms with Crippen LogP contribution in [-0.4, -0.2) is 35.9 Å². The van der Waals surface area contributed by atoms with Crippen LogP contribution in [0.4, 0.5) is 0 Å². The van der Waals surface area contributed by atoms with Crippen molar-refractivity contribution in [2.45, 2.75) is 30.3 Å². The normalized spacial score (nSPS) is 17.6. The number of nitrogens with zero attached hydrogens (tertiary/aromatic N) is 1. The molecule has 6 heteroatoms. The van der Waals surface area contributed by atoms with E-state index in [1.54, 1.807) is 18.0 Å². The Morgan fingerprint density at radius 2 is 2.35 bits per heavy atom. The van der Waals surface area contributed by atoms with Crippen molar-refractivity contribution in [3.63, 3.8) is 0 Å². The molecule has 1 atom stereocenters. The van der Waals surface area contributed by atoms with Gasteiger partial charge in [0.25, 0.3) is 0 Å². The lowest BCUT2D eigenvalue weighted by molar-refractivity contribution is -0.148. The highest BCUT2D eigenvalue weighted by molar-refractivity contribution is 9.10. The van der Waals surface area contributed by atoms with Gasteiger partial charge in [-0.3, -0.25) is 4.79 Å². The minimum absolute atomic E-state index is 0.161. The number of hydrogen-bond acceptors (Lipinski definition) is 5. The van der Waals surface area contributed by atoms with Crippen LogP contribution >= 0.6 is 27.7 Å². The van der Waals surface area contributed by atoms with Crippen LogP contribution in [0.15, 0.2) is 27.8 Å². The summed E-state index contributed by atoms with van der Waals surface area (Å²) in [4.78, 5) is 16.6. The highest BCUT2D eigenvalue weighted by Gasteiger charge is 2.51. The van der Waals surface area contributed by atoms with Crippen LogP contribution in [0.25, 0.3) is 0 Å². The molecule has 0 aromatic carbocycles. The summed E-state index contributed by atoms with van der Waals surface area (Å²) >= 11 is 4.96. The number of aromatic nitrogens is 1. The first-order valence-corrected chi connectivity index (χ1v) is 8.48. The van der Waals surface area contributed by atoms with Gasteiger partial charge in [0.15, 0.2) is 0 Å². The van der Waals surface area contributed by atoms with Gasteiger partial charge in [0.1, 0.15) is 5.54 Å². The van der Waals surface area contributed by atoms with E-state index in [0.29, 0.717) is 11.7 Å². The molecular formula is C14H19BrN2O2S. The summed E-state index contributed by atoms with van der Waals surface area (Å²) in [6.07, 6.45) is 3.93. The van der Waals surface area contributed by atoms with Gasteiger partial charge in [-0.25, -0.2) is 4.98 Å². The Bertz CT molecular complexity index is 465. The van der Waals surface area contributed by atoms with Crippen LogP contribution in [0.3, 0.4) is 0 Å². The molecule has 1 saturated carbocycles. The van der Waals surface area contributed by atoms with Crippen LogP contribution in [-0.2, 0) is 9.53 Å². The highest BCUT2D eigenvalue weighted by atomic mass is 79.9. The number of nitrogens with one attached hydrogen (secondary N) is 1. The molecule has 0 bridgehead atoms. The third-order valence-electron chi connectivity index (χ3n) is 3.46. The van der Waals surface area contributed by atoms with Gasteiger partial charge in [-0.1, -0.05) is 6.92 Å². The minimum atomic E-state index is -0.580. The Morgan fingerprint density at radius 1 is 1.60 bits per heavy atom. The van der Waals surface area contributed by atoms with Gasteiger partial charge >= 0.3 is 5.97 Å². The van der Waals surface area contributed by atoms with E-state index >= 15 is 0 Å². The van der Waals surface area contributed by atoms with Crippen molar-refractivity contribution in [3.8, 4) is 0 Å². The summed E-state index contributed by atoms with van der Waals surface area (Å²) in [6, 6.07) is 3.91. The first kappa shape index (κ1) is 15.8. The number of pyridine rings is 1. The molecule has 1 aromatic rings. The summed E-state index contributed by atoms with van der Waals surface area (Å²) in [6.45, 7) is 2.77. The van der Waals surface area contributed by atoms with Crippen molar-refractivity contribution in [1.82, 2.24) is 10.3 Å². The first-order valence-electron chi connectivity index (χ1n) is 6.70. The molecule has 20 heavy (non-hydrogen) atoms. The topological polar surface area (TPSA) is 51.2 Å². The van der Waals surface area contributed by atoms with E-state index in [1.807, 2.05) is 19.1 Å². The second kappa shape index (κ2) is 6.91. The smallest absolute Gasteiger partial charge is 0.327 e. The summed E-state index contributed by atoms with van der Waals surface area (Å²) in [5.74, 6) is 0.858. The first-order chi connectivity index (χ1) is 9.62. The quantitative estimate of drug-likeness (QED) is 0.599. The zero-order valence-electron chi connectivity index (χ0n) is 11.7. The van der Waals surface area contributed by atoms with Crippen molar-refractivity contribution in [1.29, 1.82) is 0 Å². The Hall–Kier alpha value is -0.590. The molecule has 1 unspecified atom stereocenters. The fourth-order valence-corrected chi connectivity index (χ4v) is 3.68. The van der Waals surface area contributed by atoms with E-state index in [9.17, 15) is 4.79 Å². The third kappa shape index (κ3) is 3.54. The van der Waals surface area contributed by atoms with Gasteiger partial charge in [-0.05, 0) is 53.4 Å². The van der Waals surface area contributed by atoms with Crippen LogP contribution < -0.4 is 5.32 Å². The van der Waals surface area contributed by atoms with Crippen molar-refractivity contribution >= 4 is 33.7 Å². The van der Waals surface area contributed by atoms with Gasteiger partial charge in [0.2, 0.25) is 0 Å². The number of hydrogen-bond donors (Lipinski definition) is 1. The molecule has 0 spiro atoms. The lowest BCUT2D eigenvalue weighted by Crippen LogP contribution is -2.56. The minimum Gasteiger partial charge on any atom is -0.468 e. The molecule has 2 rings (SSSR count). The average molecular weight is 359 g/mol. The Kier molecular flexibility index (Phi) is 5.46. The fraction of sp³-hybridized carbons (Fsp3) is 0.571. The average Bonchev–Trinajstić information content (AvgIpc) is 3.29. The summed E-state index contributed by atoms with van der Waals surface area (Å²) in [7, 11) is 1.46. The maximum absolute atomic E-state index is 12.3. The number of methoxy groups -OCH3 is 1. The maximum Gasteiger partial charge on any atom is 0.327 e. The Morgan fingerprint density at radius 3 is 2.85 bits per heavy atom. The van der Waals surface area contributed by atoms with Crippen LogP contribution in [0.2, 0.25) is 0 Å². The van der Waals surface area contributed by atoms with Crippen molar-refractivity contribution in [3.05, 3.63) is 22.8 Å². The van der Waals surface area contributed by atoms with Gasteiger partial charge < -0.3 is 10.1 Å². The standard InChI is InChI=1S/C14H19BrN2O2S/c1-3-17-14(10-4-5-10,13(18)19-2)9-20-12-7-6-11(15)8-16-12/h6-8,10,17H,3-5,9H2,1-2H3. The number of rotatable bonds is 7. The zero-order valence-corrected chi connectivity index (χ0v) is 14.1. The number of halogens is 1. The molecule has 1 aliphatic rings. The van der Waals surface area contributed by atoms with E-state index < -0.39 is 5.54 Å².